The zero-order valence-electron chi connectivity index (χ0n) is 21.5. The van der Waals surface area contributed by atoms with Crippen molar-refractivity contribution in [2.45, 2.75) is 38.3 Å². The van der Waals surface area contributed by atoms with Gasteiger partial charge in [0.15, 0.2) is 23.6 Å². The third-order valence-corrected chi connectivity index (χ3v) is 7.98. The van der Waals surface area contributed by atoms with E-state index in [9.17, 15) is 22.4 Å². The average Bonchev–Trinajstić information content (AvgIpc) is 2.92. The second-order valence-electron chi connectivity index (χ2n) is 10.5. The summed E-state index contributed by atoms with van der Waals surface area (Å²) in [6.45, 7) is 3.39. The van der Waals surface area contributed by atoms with E-state index < -0.39 is 29.4 Å². The van der Waals surface area contributed by atoms with Crippen molar-refractivity contribution in [1.82, 2.24) is 0 Å². The largest absolute Gasteiger partial charge is 1.00 e. The number of rotatable bonds is 8. The predicted octanol–water partition coefficient (Wildman–Crippen LogP) is 3.63. The standard InChI is InChI=1S/C30H31F4N2O2.BrH/c31-24-10-4-5-11-27(24)35(19-22-17-25(32)29(34)26(33)18-22)30(37)38-28-20-36(15-12-23(28)13-16-36)14-6-9-21-7-2-1-3-8-21;/h1-5,7-8,10-11,17-18,23,28H,6,9,12-16,19-20H2;1H/q+1;/p-1/t23?,28-,36?;/m0./s1. The Balaban J connectivity index is 0.00000353. The highest BCUT2D eigenvalue weighted by atomic mass is 79.9. The molecule has 4 nitrogen and oxygen atoms in total. The first-order chi connectivity index (χ1) is 18.3. The fourth-order valence-electron chi connectivity index (χ4n) is 5.93. The van der Waals surface area contributed by atoms with Crippen LogP contribution in [0.4, 0.5) is 28.0 Å². The van der Waals surface area contributed by atoms with Gasteiger partial charge in [0.2, 0.25) is 0 Å². The molecule has 6 rings (SSSR count). The van der Waals surface area contributed by atoms with Crippen molar-refractivity contribution in [2.75, 3.05) is 31.1 Å². The maximum absolute atomic E-state index is 14.7. The zero-order valence-corrected chi connectivity index (χ0v) is 23.1. The molecular formula is C30H31BrF4N2O2. The molecule has 0 unspecified atom stereocenters. The number of aryl methyl sites for hydroxylation is 1. The molecule has 0 spiro atoms. The number of amides is 1. The summed E-state index contributed by atoms with van der Waals surface area (Å²) < 4.78 is 62.8. The third-order valence-electron chi connectivity index (χ3n) is 7.98. The molecule has 3 heterocycles. The van der Waals surface area contributed by atoms with Crippen LogP contribution in [0.25, 0.3) is 0 Å². The lowest BCUT2D eigenvalue weighted by molar-refractivity contribution is -0.946. The van der Waals surface area contributed by atoms with Gasteiger partial charge >= 0.3 is 6.09 Å². The van der Waals surface area contributed by atoms with Crippen LogP contribution in [0.1, 0.15) is 30.4 Å². The summed E-state index contributed by atoms with van der Waals surface area (Å²) in [7, 11) is 0. The van der Waals surface area contributed by atoms with Gasteiger partial charge in [-0.2, -0.15) is 0 Å². The minimum Gasteiger partial charge on any atom is -1.00 e. The molecule has 9 heteroatoms. The van der Waals surface area contributed by atoms with Crippen LogP contribution < -0.4 is 21.9 Å². The van der Waals surface area contributed by atoms with E-state index in [0.717, 1.165) is 66.8 Å². The molecule has 1 amide bonds. The Morgan fingerprint density at radius 2 is 1.51 bits per heavy atom. The summed E-state index contributed by atoms with van der Waals surface area (Å²) in [5, 5.41) is 0. The van der Waals surface area contributed by atoms with Crippen LogP contribution in [-0.2, 0) is 17.7 Å². The van der Waals surface area contributed by atoms with Crippen LogP contribution in [0, 0.1) is 29.2 Å². The number of nitrogens with zero attached hydrogens (tertiary/aromatic N) is 2. The lowest BCUT2D eigenvalue weighted by Crippen LogP contribution is -3.00. The minimum absolute atomic E-state index is 0. The molecule has 0 saturated carbocycles. The molecule has 39 heavy (non-hydrogen) atoms. The van der Waals surface area contributed by atoms with Crippen LogP contribution in [0.2, 0.25) is 0 Å². The van der Waals surface area contributed by atoms with Gasteiger partial charge in [0, 0.05) is 25.2 Å². The Hall–Kier alpha value is -2.91. The summed E-state index contributed by atoms with van der Waals surface area (Å²) in [5.41, 5.74) is 1.21. The van der Waals surface area contributed by atoms with E-state index in [1.165, 1.54) is 23.8 Å². The number of anilines is 1. The molecule has 3 aromatic rings. The molecule has 208 valence electrons. The van der Waals surface area contributed by atoms with E-state index in [1.54, 1.807) is 6.07 Å². The second kappa shape index (κ2) is 12.5. The minimum atomic E-state index is -1.60. The molecule has 3 aliphatic rings. The van der Waals surface area contributed by atoms with Crippen molar-refractivity contribution < 1.29 is 48.6 Å². The molecular weight excluding hydrogens is 576 g/mol. The fourth-order valence-corrected chi connectivity index (χ4v) is 5.93. The molecule has 3 aliphatic heterocycles. The highest BCUT2D eigenvalue weighted by molar-refractivity contribution is 5.87. The van der Waals surface area contributed by atoms with Crippen LogP contribution in [-0.4, -0.2) is 42.9 Å². The number of ether oxygens (including phenoxy) is 1. The number of para-hydroxylation sites is 1. The zero-order chi connectivity index (χ0) is 26.7. The topological polar surface area (TPSA) is 29.5 Å². The molecule has 0 radical (unpaired) electrons. The Morgan fingerprint density at radius 1 is 0.872 bits per heavy atom. The van der Waals surface area contributed by atoms with Crippen molar-refractivity contribution in [3.63, 3.8) is 0 Å². The molecule has 3 aromatic carbocycles. The Morgan fingerprint density at radius 3 is 2.18 bits per heavy atom. The van der Waals surface area contributed by atoms with Gasteiger partial charge in [0.05, 0.1) is 31.9 Å². The first-order valence-electron chi connectivity index (χ1n) is 13.1. The maximum atomic E-state index is 14.7. The van der Waals surface area contributed by atoms with Gasteiger partial charge in [-0.3, -0.25) is 4.90 Å². The van der Waals surface area contributed by atoms with Gasteiger partial charge in [-0.1, -0.05) is 42.5 Å². The Kier molecular flexibility index (Phi) is 9.33. The maximum Gasteiger partial charge on any atom is 0.415 e. The van der Waals surface area contributed by atoms with Crippen molar-refractivity contribution >= 4 is 11.8 Å². The lowest BCUT2D eigenvalue weighted by Gasteiger charge is -2.52. The van der Waals surface area contributed by atoms with E-state index >= 15 is 0 Å². The van der Waals surface area contributed by atoms with E-state index in [4.69, 9.17) is 4.74 Å². The highest BCUT2D eigenvalue weighted by Crippen LogP contribution is 2.37. The molecule has 0 aliphatic carbocycles. The molecule has 0 aromatic heterocycles. The fraction of sp³-hybridized carbons (Fsp3) is 0.367. The first kappa shape index (κ1) is 29.1. The Bertz CT molecular complexity index is 1260. The second-order valence-corrected chi connectivity index (χ2v) is 10.5. The molecule has 3 saturated heterocycles. The van der Waals surface area contributed by atoms with E-state index in [0.29, 0.717) is 6.54 Å². The van der Waals surface area contributed by atoms with Crippen LogP contribution in [0.5, 0.6) is 0 Å². The number of halogens is 5. The normalized spacial score (nSPS) is 21.7. The van der Waals surface area contributed by atoms with Crippen LogP contribution >= 0.6 is 0 Å². The van der Waals surface area contributed by atoms with E-state index in [1.807, 2.05) is 18.2 Å². The summed E-state index contributed by atoms with van der Waals surface area (Å²) in [6, 6.07) is 17.6. The number of carbonyl (C=O) groups excluding carboxylic acids is 1. The highest BCUT2D eigenvalue weighted by Gasteiger charge is 2.47. The SMILES string of the molecule is O=C(O[C@H]1C[N+]2(CCCc3ccccc3)CCC1CC2)N(Cc1cc(F)c(F)c(F)c1)c1ccccc1F.[Br-]. The van der Waals surface area contributed by atoms with Crippen molar-refractivity contribution in [2.24, 2.45) is 5.92 Å². The average molecular weight is 607 g/mol. The summed E-state index contributed by atoms with van der Waals surface area (Å²) in [5.74, 6) is -4.80. The number of hydrogen-bond acceptors (Lipinski definition) is 2. The van der Waals surface area contributed by atoms with Crippen LogP contribution in [0.15, 0.2) is 66.7 Å². The van der Waals surface area contributed by atoms with Crippen molar-refractivity contribution in [3.05, 3.63) is 101 Å². The smallest absolute Gasteiger partial charge is 0.415 e. The van der Waals surface area contributed by atoms with E-state index in [2.05, 4.69) is 12.1 Å². The van der Waals surface area contributed by atoms with Gasteiger partial charge in [-0.25, -0.2) is 22.4 Å². The molecule has 0 N–H and O–H groups in total. The van der Waals surface area contributed by atoms with E-state index in [-0.39, 0.29) is 46.8 Å². The number of carbonyl (C=O) groups is 1. The summed E-state index contributed by atoms with van der Waals surface area (Å²) in [6.07, 6.45) is 2.77. The number of quaternary nitrogens is 1. The number of benzene rings is 3. The monoisotopic (exact) mass is 606 g/mol. The predicted molar refractivity (Wildman–Crippen MR) is 136 cm³/mol. The van der Waals surface area contributed by atoms with Crippen LogP contribution in [0.3, 0.4) is 0 Å². The molecule has 1 atom stereocenters. The van der Waals surface area contributed by atoms with Gasteiger partial charge in [0.1, 0.15) is 12.4 Å². The van der Waals surface area contributed by atoms with Gasteiger partial charge in [-0.15, -0.1) is 0 Å². The van der Waals surface area contributed by atoms with Gasteiger partial charge < -0.3 is 26.2 Å². The number of fused-ring (bicyclic) bond motifs is 3. The summed E-state index contributed by atoms with van der Waals surface area (Å²) >= 11 is 0. The number of piperidine rings is 3. The lowest BCUT2D eigenvalue weighted by atomic mass is 9.83. The van der Waals surface area contributed by atoms with Crippen molar-refractivity contribution in [1.29, 1.82) is 0 Å². The quantitative estimate of drug-likeness (QED) is 0.223. The number of hydrogen-bond donors (Lipinski definition) is 0. The third kappa shape index (κ3) is 6.64. The Labute approximate surface area is 236 Å². The van der Waals surface area contributed by atoms with Crippen molar-refractivity contribution in [3.8, 4) is 0 Å². The van der Waals surface area contributed by atoms with Gasteiger partial charge in [-0.05, 0) is 41.8 Å². The van der Waals surface area contributed by atoms with Gasteiger partial charge in [0.25, 0.3) is 0 Å². The molecule has 3 fully saturated rings. The first-order valence-corrected chi connectivity index (χ1v) is 13.1. The summed E-state index contributed by atoms with van der Waals surface area (Å²) in [4.78, 5) is 14.5. The molecule has 2 bridgehead atoms.